The second-order valence-electron chi connectivity index (χ2n) is 2.77. The van der Waals surface area contributed by atoms with E-state index in [1.54, 1.807) is 23.6 Å². The van der Waals surface area contributed by atoms with E-state index in [0.717, 1.165) is 5.69 Å². The third kappa shape index (κ3) is 2.09. The summed E-state index contributed by atoms with van der Waals surface area (Å²) < 4.78 is 0. The molecular formula is C10H6ClN3S. The number of nitrogens with one attached hydrogen (secondary N) is 1. The van der Waals surface area contributed by atoms with Crippen molar-refractivity contribution in [2.45, 2.75) is 0 Å². The average molecular weight is 236 g/mol. The molecule has 0 radical (unpaired) electrons. The van der Waals surface area contributed by atoms with Gasteiger partial charge in [-0.25, -0.2) is 4.98 Å². The van der Waals surface area contributed by atoms with Crippen LogP contribution in [-0.2, 0) is 0 Å². The Morgan fingerprint density at radius 2 is 2.33 bits per heavy atom. The predicted molar refractivity (Wildman–Crippen MR) is 61.6 cm³/mol. The monoisotopic (exact) mass is 235 g/mol. The van der Waals surface area contributed by atoms with Gasteiger partial charge in [-0.2, -0.15) is 16.6 Å². The van der Waals surface area contributed by atoms with Crippen LogP contribution in [0.2, 0.25) is 5.02 Å². The van der Waals surface area contributed by atoms with Crippen molar-refractivity contribution in [3.05, 3.63) is 39.7 Å². The predicted octanol–water partition coefficient (Wildman–Crippen LogP) is 3.41. The van der Waals surface area contributed by atoms with Gasteiger partial charge in [0.1, 0.15) is 11.1 Å². The number of aromatic nitrogens is 1. The quantitative estimate of drug-likeness (QED) is 0.868. The van der Waals surface area contributed by atoms with Crippen molar-refractivity contribution in [1.82, 2.24) is 4.98 Å². The molecule has 5 heteroatoms. The SMILES string of the molecule is N#Cc1ccnc(Nc2ccsc2)c1Cl. The number of nitrogens with zero attached hydrogens (tertiary/aromatic N) is 2. The van der Waals surface area contributed by atoms with Crippen molar-refractivity contribution >= 4 is 34.4 Å². The molecule has 2 aromatic heterocycles. The summed E-state index contributed by atoms with van der Waals surface area (Å²) in [5, 5.41) is 16.1. The molecule has 0 aliphatic rings. The Bertz CT molecular complexity index is 502. The third-order valence-electron chi connectivity index (χ3n) is 1.79. The molecule has 0 aliphatic heterocycles. The van der Waals surface area contributed by atoms with E-state index in [-0.39, 0.29) is 0 Å². The zero-order valence-corrected chi connectivity index (χ0v) is 9.14. The van der Waals surface area contributed by atoms with E-state index in [1.807, 2.05) is 22.9 Å². The van der Waals surface area contributed by atoms with E-state index < -0.39 is 0 Å². The maximum atomic E-state index is 8.78. The molecule has 0 aromatic carbocycles. The van der Waals surface area contributed by atoms with Crippen LogP contribution in [0.15, 0.2) is 29.1 Å². The van der Waals surface area contributed by atoms with Gasteiger partial charge in [0.05, 0.1) is 11.3 Å². The summed E-state index contributed by atoms with van der Waals surface area (Å²) in [6.07, 6.45) is 1.55. The van der Waals surface area contributed by atoms with Gasteiger partial charge in [0.25, 0.3) is 0 Å². The Labute approximate surface area is 96.0 Å². The minimum Gasteiger partial charge on any atom is -0.338 e. The number of rotatable bonds is 2. The summed E-state index contributed by atoms with van der Waals surface area (Å²) in [5.74, 6) is 0.508. The normalized spacial score (nSPS) is 9.60. The van der Waals surface area contributed by atoms with E-state index in [9.17, 15) is 0 Å². The van der Waals surface area contributed by atoms with Gasteiger partial charge >= 0.3 is 0 Å². The van der Waals surface area contributed by atoms with Gasteiger partial charge in [-0.3, -0.25) is 0 Å². The molecule has 0 fully saturated rings. The number of hydrogen-bond donors (Lipinski definition) is 1. The van der Waals surface area contributed by atoms with Crippen molar-refractivity contribution in [2.75, 3.05) is 5.32 Å². The molecule has 2 rings (SSSR count). The van der Waals surface area contributed by atoms with Gasteiger partial charge in [-0.1, -0.05) is 11.6 Å². The summed E-state index contributed by atoms with van der Waals surface area (Å²) in [6.45, 7) is 0. The van der Waals surface area contributed by atoms with Crippen molar-refractivity contribution in [3.8, 4) is 6.07 Å². The molecule has 0 saturated carbocycles. The van der Waals surface area contributed by atoms with Gasteiger partial charge in [-0.15, -0.1) is 0 Å². The topological polar surface area (TPSA) is 48.7 Å². The summed E-state index contributed by atoms with van der Waals surface area (Å²) >= 11 is 7.56. The van der Waals surface area contributed by atoms with Gasteiger partial charge in [0.15, 0.2) is 5.82 Å². The number of anilines is 2. The number of halogens is 1. The zero-order valence-electron chi connectivity index (χ0n) is 7.57. The third-order valence-corrected chi connectivity index (χ3v) is 2.86. The highest BCUT2D eigenvalue weighted by Crippen LogP contribution is 2.26. The van der Waals surface area contributed by atoms with Crippen LogP contribution in [0.5, 0.6) is 0 Å². The molecule has 2 heterocycles. The van der Waals surface area contributed by atoms with Crippen LogP contribution in [-0.4, -0.2) is 4.98 Å². The average Bonchev–Trinajstić information content (AvgIpc) is 2.74. The number of hydrogen-bond acceptors (Lipinski definition) is 4. The van der Waals surface area contributed by atoms with Crippen molar-refractivity contribution in [3.63, 3.8) is 0 Å². The molecule has 0 aliphatic carbocycles. The molecule has 0 saturated heterocycles. The van der Waals surface area contributed by atoms with Crippen molar-refractivity contribution in [1.29, 1.82) is 5.26 Å². The molecule has 15 heavy (non-hydrogen) atoms. The lowest BCUT2D eigenvalue weighted by Crippen LogP contribution is -1.94. The summed E-state index contributed by atoms with van der Waals surface area (Å²) in [4.78, 5) is 4.07. The fourth-order valence-corrected chi connectivity index (χ4v) is 1.88. The minimum absolute atomic E-state index is 0.353. The highest BCUT2D eigenvalue weighted by atomic mass is 35.5. The van der Waals surface area contributed by atoms with Gasteiger partial charge in [0.2, 0.25) is 0 Å². The molecule has 2 aromatic rings. The fourth-order valence-electron chi connectivity index (χ4n) is 1.09. The van der Waals surface area contributed by atoms with Gasteiger partial charge in [-0.05, 0) is 17.5 Å². The molecule has 3 nitrogen and oxygen atoms in total. The Balaban J connectivity index is 2.34. The van der Waals surface area contributed by atoms with Crippen LogP contribution >= 0.6 is 22.9 Å². The summed E-state index contributed by atoms with van der Waals surface area (Å²) in [5.41, 5.74) is 1.34. The largest absolute Gasteiger partial charge is 0.338 e. The smallest absolute Gasteiger partial charge is 0.150 e. The summed E-state index contributed by atoms with van der Waals surface area (Å²) in [7, 11) is 0. The molecule has 1 N–H and O–H groups in total. The van der Waals surface area contributed by atoms with E-state index in [4.69, 9.17) is 16.9 Å². The van der Waals surface area contributed by atoms with Crippen LogP contribution in [0.25, 0.3) is 0 Å². The van der Waals surface area contributed by atoms with Crippen LogP contribution < -0.4 is 5.32 Å². The van der Waals surface area contributed by atoms with Crippen LogP contribution in [0, 0.1) is 11.3 Å². The molecule has 0 atom stereocenters. The number of pyridine rings is 1. The minimum atomic E-state index is 0.353. The Hall–Kier alpha value is -1.57. The van der Waals surface area contributed by atoms with Gasteiger partial charge < -0.3 is 5.32 Å². The van der Waals surface area contributed by atoms with Crippen LogP contribution in [0.4, 0.5) is 11.5 Å². The standard InChI is InChI=1S/C10H6ClN3S/c11-9-7(5-12)1-3-13-10(9)14-8-2-4-15-6-8/h1-4,6H,(H,13,14). The molecular weight excluding hydrogens is 230 g/mol. The lowest BCUT2D eigenvalue weighted by atomic mass is 10.3. The van der Waals surface area contributed by atoms with Crippen LogP contribution in [0.3, 0.4) is 0 Å². The molecule has 0 bridgehead atoms. The van der Waals surface area contributed by atoms with E-state index in [0.29, 0.717) is 16.4 Å². The second kappa shape index (κ2) is 4.30. The first-order valence-electron chi connectivity index (χ1n) is 4.15. The second-order valence-corrected chi connectivity index (χ2v) is 3.93. The maximum absolute atomic E-state index is 8.78. The summed E-state index contributed by atoms with van der Waals surface area (Å²) in [6, 6.07) is 5.51. The molecule has 0 unspecified atom stereocenters. The lowest BCUT2D eigenvalue weighted by molar-refractivity contribution is 1.30. The fraction of sp³-hybridized carbons (Fsp3) is 0. The maximum Gasteiger partial charge on any atom is 0.150 e. The molecule has 74 valence electrons. The van der Waals surface area contributed by atoms with E-state index in [2.05, 4.69) is 10.3 Å². The highest BCUT2D eigenvalue weighted by Gasteiger charge is 2.06. The molecule has 0 amide bonds. The first kappa shape index (κ1) is 9.97. The van der Waals surface area contributed by atoms with Crippen molar-refractivity contribution < 1.29 is 0 Å². The van der Waals surface area contributed by atoms with E-state index in [1.165, 1.54) is 0 Å². The Morgan fingerprint density at radius 1 is 1.47 bits per heavy atom. The number of nitriles is 1. The zero-order chi connectivity index (χ0) is 10.7. The molecule has 0 spiro atoms. The Morgan fingerprint density at radius 3 is 3.00 bits per heavy atom. The van der Waals surface area contributed by atoms with Crippen LogP contribution in [0.1, 0.15) is 5.56 Å². The van der Waals surface area contributed by atoms with Crippen molar-refractivity contribution in [2.24, 2.45) is 0 Å². The lowest BCUT2D eigenvalue weighted by Gasteiger charge is -2.05. The highest BCUT2D eigenvalue weighted by molar-refractivity contribution is 7.08. The first-order valence-corrected chi connectivity index (χ1v) is 5.47. The van der Waals surface area contributed by atoms with Gasteiger partial charge in [0, 0.05) is 11.6 Å². The first-order chi connectivity index (χ1) is 7.31. The van der Waals surface area contributed by atoms with E-state index >= 15 is 0 Å². The number of thiophene rings is 1. The Kier molecular flexibility index (Phi) is 2.86.